The Hall–Kier alpha value is -1.39. The van der Waals surface area contributed by atoms with Crippen LogP contribution in [0.25, 0.3) is 0 Å². The SMILES string of the molecule is CCC1C(=O)NC(=O)CN1C(=O)C1CC1(C)C. The van der Waals surface area contributed by atoms with Gasteiger partial charge in [-0.05, 0) is 18.3 Å². The Balaban J connectivity index is 2.14. The summed E-state index contributed by atoms with van der Waals surface area (Å²) in [5, 5.41) is 2.27. The van der Waals surface area contributed by atoms with Crippen molar-refractivity contribution in [3.63, 3.8) is 0 Å². The van der Waals surface area contributed by atoms with E-state index in [0.29, 0.717) is 6.42 Å². The second-order valence-corrected chi connectivity index (χ2v) is 5.55. The van der Waals surface area contributed by atoms with Gasteiger partial charge in [0.1, 0.15) is 12.6 Å². The summed E-state index contributed by atoms with van der Waals surface area (Å²) in [7, 11) is 0. The van der Waals surface area contributed by atoms with E-state index in [1.807, 2.05) is 20.8 Å². The Labute approximate surface area is 101 Å². The van der Waals surface area contributed by atoms with Gasteiger partial charge in [-0.15, -0.1) is 0 Å². The third-order valence-electron chi connectivity index (χ3n) is 3.74. The Morgan fingerprint density at radius 1 is 1.47 bits per heavy atom. The number of carbonyl (C=O) groups excluding carboxylic acids is 3. The predicted octanol–water partition coefficient (Wildman–Crippen LogP) is 0.296. The van der Waals surface area contributed by atoms with Gasteiger partial charge >= 0.3 is 0 Å². The van der Waals surface area contributed by atoms with Crippen molar-refractivity contribution < 1.29 is 14.4 Å². The predicted molar refractivity (Wildman–Crippen MR) is 60.8 cm³/mol. The second-order valence-electron chi connectivity index (χ2n) is 5.55. The minimum atomic E-state index is -0.489. The van der Waals surface area contributed by atoms with Crippen LogP contribution in [0.5, 0.6) is 0 Å². The quantitative estimate of drug-likeness (QED) is 0.703. The van der Waals surface area contributed by atoms with Crippen LogP contribution in [0.3, 0.4) is 0 Å². The molecule has 3 amide bonds. The molecule has 1 aliphatic carbocycles. The molecule has 5 heteroatoms. The summed E-state index contributed by atoms with van der Waals surface area (Å²) in [6.07, 6.45) is 1.38. The molecule has 0 radical (unpaired) electrons. The number of hydrogen-bond donors (Lipinski definition) is 1. The summed E-state index contributed by atoms with van der Waals surface area (Å²) in [6.45, 7) is 5.92. The number of nitrogens with zero attached hydrogens (tertiary/aromatic N) is 1. The summed E-state index contributed by atoms with van der Waals surface area (Å²) < 4.78 is 0. The Morgan fingerprint density at radius 2 is 2.06 bits per heavy atom. The minimum Gasteiger partial charge on any atom is -0.321 e. The fourth-order valence-corrected chi connectivity index (χ4v) is 2.39. The molecule has 1 saturated heterocycles. The Bertz CT molecular complexity index is 389. The van der Waals surface area contributed by atoms with Crippen LogP contribution in [0.2, 0.25) is 0 Å². The number of imide groups is 1. The molecule has 0 bridgehead atoms. The molecule has 1 N–H and O–H groups in total. The molecular weight excluding hydrogens is 220 g/mol. The van der Waals surface area contributed by atoms with Gasteiger partial charge in [0, 0.05) is 5.92 Å². The van der Waals surface area contributed by atoms with Crippen molar-refractivity contribution >= 4 is 17.7 Å². The highest BCUT2D eigenvalue weighted by Crippen LogP contribution is 2.52. The van der Waals surface area contributed by atoms with E-state index in [9.17, 15) is 14.4 Å². The smallest absolute Gasteiger partial charge is 0.249 e. The van der Waals surface area contributed by atoms with Crippen LogP contribution in [-0.2, 0) is 14.4 Å². The summed E-state index contributed by atoms with van der Waals surface area (Å²) in [5.74, 6) is -0.817. The average molecular weight is 238 g/mol. The number of nitrogens with one attached hydrogen (secondary N) is 1. The van der Waals surface area contributed by atoms with Crippen molar-refractivity contribution in [1.29, 1.82) is 0 Å². The highest BCUT2D eigenvalue weighted by Gasteiger charge is 2.53. The molecule has 2 rings (SSSR count). The Morgan fingerprint density at radius 3 is 2.53 bits per heavy atom. The molecular formula is C12H18N2O3. The standard InChI is InChI=1S/C12H18N2O3/c1-4-8-10(16)13-9(15)6-14(8)11(17)7-5-12(7,2)3/h7-8H,4-6H2,1-3H3,(H,13,15,16). The molecule has 2 atom stereocenters. The molecule has 1 heterocycles. The van der Waals surface area contributed by atoms with Crippen LogP contribution in [-0.4, -0.2) is 35.2 Å². The van der Waals surface area contributed by atoms with Gasteiger partial charge in [-0.2, -0.15) is 0 Å². The molecule has 2 aliphatic rings. The van der Waals surface area contributed by atoms with Gasteiger partial charge in [0.2, 0.25) is 17.7 Å². The van der Waals surface area contributed by atoms with Gasteiger partial charge in [0.15, 0.2) is 0 Å². The molecule has 1 aliphatic heterocycles. The maximum atomic E-state index is 12.2. The summed E-state index contributed by atoms with van der Waals surface area (Å²) in [4.78, 5) is 36.6. The fraction of sp³-hybridized carbons (Fsp3) is 0.750. The lowest BCUT2D eigenvalue weighted by Crippen LogP contribution is -2.60. The molecule has 94 valence electrons. The molecule has 0 aromatic rings. The highest BCUT2D eigenvalue weighted by molar-refractivity contribution is 6.04. The van der Waals surface area contributed by atoms with Crippen LogP contribution in [0.4, 0.5) is 0 Å². The van der Waals surface area contributed by atoms with Crippen LogP contribution in [0.15, 0.2) is 0 Å². The van der Waals surface area contributed by atoms with Crippen molar-refractivity contribution in [2.75, 3.05) is 6.54 Å². The van der Waals surface area contributed by atoms with E-state index in [1.165, 1.54) is 4.90 Å². The minimum absolute atomic E-state index is 0.00958. The largest absolute Gasteiger partial charge is 0.321 e. The third kappa shape index (κ3) is 2.06. The summed E-state index contributed by atoms with van der Waals surface area (Å²) in [6, 6.07) is -0.489. The van der Waals surface area contributed by atoms with E-state index in [0.717, 1.165) is 6.42 Å². The zero-order valence-corrected chi connectivity index (χ0v) is 10.4. The number of hydrogen-bond acceptors (Lipinski definition) is 3. The summed E-state index contributed by atoms with van der Waals surface area (Å²) >= 11 is 0. The van der Waals surface area contributed by atoms with Crippen LogP contribution < -0.4 is 5.32 Å². The van der Waals surface area contributed by atoms with Gasteiger partial charge in [0.25, 0.3) is 0 Å². The van der Waals surface area contributed by atoms with Gasteiger partial charge < -0.3 is 4.90 Å². The molecule has 17 heavy (non-hydrogen) atoms. The highest BCUT2D eigenvalue weighted by atomic mass is 16.2. The molecule has 2 fully saturated rings. The van der Waals surface area contributed by atoms with Crippen molar-refractivity contribution in [3.8, 4) is 0 Å². The lowest BCUT2D eigenvalue weighted by Gasteiger charge is -2.33. The first kappa shape index (κ1) is 12.1. The van der Waals surface area contributed by atoms with Crippen LogP contribution in [0.1, 0.15) is 33.6 Å². The van der Waals surface area contributed by atoms with E-state index >= 15 is 0 Å². The van der Waals surface area contributed by atoms with Gasteiger partial charge in [-0.25, -0.2) is 0 Å². The van der Waals surface area contributed by atoms with Gasteiger partial charge in [0.05, 0.1) is 0 Å². The van der Waals surface area contributed by atoms with Gasteiger partial charge in [-0.3, -0.25) is 19.7 Å². The molecule has 0 spiro atoms. The van der Waals surface area contributed by atoms with Crippen molar-refractivity contribution in [3.05, 3.63) is 0 Å². The van der Waals surface area contributed by atoms with Crippen molar-refractivity contribution in [1.82, 2.24) is 10.2 Å². The van der Waals surface area contributed by atoms with E-state index in [-0.39, 0.29) is 35.6 Å². The topological polar surface area (TPSA) is 66.5 Å². The lowest BCUT2D eigenvalue weighted by atomic mass is 10.1. The maximum absolute atomic E-state index is 12.2. The molecule has 1 saturated carbocycles. The van der Waals surface area contributed by atoms with E-state index in [1.54, 1.807) is 0 Å². The molecule has 0 aromatic heterocycles. The van der Waals surface area contributed by atoms with E-state index in [2.05, 4.69) is 5.32 Å². The third-order valence-corrected chi connectivity index (χ3v) is 3.74. The normalized spacial score (nSPS) is 31.1. The van der Waals surface area contributed by atoms with Crippen molar-refractivity contribution in [2.24, 2.45) is 11.3 Å². The fourth-order valence-electron chi connectivity index (χ4n) is 2.39. The first-order chi connectivity index (χ1) is 7.86. The Kier molecular flexibility index (Phi) is 2.72. The zero-order chi connectivity index (χ0) is 12.8. The average Bonchev–Trinajstić information content (AvgIpc) is 2.85. The van der Waals surface area contributed by atoms with Crippen LogP contribution >= 0.6 is 0 Å². The zero-order valence-electron chi connectivity index (χ0n) is 10.4. The maximum Gasteiger partial charge on any atom is 0.249 e. The monoisotopic (exact) mass is 238 g/mol. The van der Waals surface area contributed by atoms with E-state index < -0.39 is 6.04 Å². The van der Waals surface area contributed by atoms with Crippen molar-refractivity contribution in [2.45, 2.75) is 39.7 Å². The first-order valence-corrected chi connectivity index (χ1v) is 6.01. The van der Waals surface area contributed by atoms with E-state index in [4.69, 9.17) is 0 Å². The molecule has 2 unspecified atom stereocenters. The van der Waals surface area contributed by atoms with Crippen LogP contribution in [0, 0.1) is 11.3 Å². The number of carbonyl (C=O) groups is 3. The summed E-state index contributed by atoms with van der Waals surface area (Å²) in [5.41, 5.74) is 0.0202. The molecule has 0 aromatic carbocycles. The lowest BCUT2D eigenvalue weighted by molar-refractivity contribution is -0.151. The number of amides is 3. The number of piperazine rings is 1. The molecule has 5 nitrogen and oxygen atoms in total. The van der Waals surface area contributed by atoms with Gasteiger partial charge in [-0.1, -0.05) is 20.8 Å². The first-order valence-electron chi connectivity index (χ1n) is 6.01. The second kappa shape index (κ2) is 3.82. The number of rotatable bonds is 2.